The first-order valence-electron chi connectivity index (χ1n) is 10.6. The molecule has 2 bridgehead atoms. The summed E-state index contributed by atoms with van der Waals surface area (Å²) < 4.78 is 15.7. The summed E-state index contributed by atoms with van der Waals surface area (Å²) in [6.07, 6.45) is 0.939. The number of piperidine rings is 1. The van der Waals surface area contributed by atoms with E-state index in [-0.39, 0.29) is 35.0 Å². The second kappa shape index (κ2) is 8.53. The van der Waals surface area contributed by atoms with Crippen molar-refractivity contribution in [3.63, 3.8) is 0 Å². The number of nitrogens with zero attached hydrogens (tertiary/aromatic N) is 2. The fourth-order valence-corrected chi connectivity index (χ4v) is 4.59. The molecule has 3 amide bonds. The average molecular weight is 426 g/mol. The molecule has 0 radical (unpaired) electrons. The van der Waals surface area contributed by atoms with Gasteiger partial charge in [0.25, 0.3) is 5.56 Å². The SMILES string of the molecule is CC(C)[C@H](NC(=O)N1C[C@@H]2C[C@H](C1)c1cccc(=O)n1C2)C(=O)Nc1ccccc1F. The maximum absolute atomic E-state index is 13.9. The summed E-state index contributed by atoms with van der Waals surface area (Å²) in [5.74, 6) is -0.872. The number of fused-ring (bicyclic) bond motifs is 4. The highest BCUT2D eigenvalue weighted by Crippen LogP contribution is 2.34. The number of urea groups is 1. The van der Waals surface area contributed by atoms with Crippen LogP contribution in [-0.2, 0) is 11.3 Å². The van der Waals surface area contributed by atoms with Gasteiger partial charge in [-0.1, -0.05) is 32.0 Å². The Hall–Kier alpha value is -3.16. The number of carbonyl (C=O) groups excluding carboxylic acids is 2. The summed E-state index contributed by atoms with van der Waals surface area (Å²) in [6, 6.07) is 10.1. The van der Waals surface area contributed by atoms with Gasteiger partial charge in [0.05, 0.1) is 5.69 Å². The Morgan fingerprint density at radius 2 is 1.84 bits per heavy atom. The number of pyridine rings is 1. The van der Waals surface area contributed by atoms with Gasteiger partial charge in [0.15, 0.2) is 0 Å². The maximum Gasteiger partial charge on any atom is 0.318 e. The number of carbonyl (C=O) groups is 2. The minimum Gasteiger partial charge on any atom is -0.326 e. The third-order valence-electron chi connectivity index (χ3n) is 6.13. The molecule has 8 heteroatoms. The molecule has 0 aliphatic carbocycles. The number of rotatable bonds is 4. The first kappa shape index (κ1) is 21.1. The quantitative estimate of drug-likeness (QED) is 0.789. The van der Waals surface area contributed by atoms with Crippen molar-refractivity contribution >= 4 is 17.6 Å². The summed E-state index contributed by atoms with van der Waals surface area (Å²) in [5, 5.41) is 5.41. The Morgan fingerprint density at radius 1 is 1.06 bits per heavy atom. The minimum absolute atomic E-state index is 0.00483. The van der Waals surface area contributed by atoms with Crippen molar-refractivity contribution < 1.29 is 14.0 Å². The molecule has 1 saturated heterocycles. The molecule has 3 heterocycles. The van der Waals surface area contributed by atoms with Crippen molar-refractivity contribution in [2.24, 2.45) is 11.8 Å². The molecule has 1 fully saturated rings. The van der Waals surface area contributed by atoms with Crippen LogP contribution >= 0.6 is 0 Å². The number of benzene rings is 1. The fraction of sp³-hybridized carbons (Fsp3) is 0.435. The molecule has 0 unspecified atom stereocenters. The molecule has 0 saturated carbocycles. The largest absolute Gasteiger partial charge is 0.326 e. The number of hydrogen-bond donors (Lipinski definition) is 2. The Labute approximate surface area is 180 Å². The standard InChI is InChI=1S/C23H27FN4O3/c1-14(2)21(22(30)25-18-7-4-3-6-17(18)24)26-23(31)27-11-15-10-16(13-27)19-8-5-9-20(29)28(19)12-15/h3-9,14-16,21H,10-13H2,1-2H3,(H,25,30)(H,26,31)/t15-,16+,21-/m0/s1. The predicted molar refractivity (Wildman–Crippen MR) is 115 cm³/mol. The molecular weight excluding hydrogens is 399 g/mol. The van der Waals surface area contributed by atoms with Crippen LogP contribution in [0.4, 0.5) is 14.9 Å². The van der Waals surface area contributed by atoms with Crippen molar-refractivity contribution in [2.75, 3.05) is 18.4 Å². The van der Waals surface area contributed by atoms with E-state index in [0.29, 0.717) is 19.6 Å². The number of anilines is 1. The Bertz CT molecular complexity index is 1050. The smallest absolute Gasteiger partial charge is 0.318 e. The van der Waals surface area contributed by atoms with E-state index in [0.717, 1.165) is 12.1 Å². The highest BCUT2D eigenvalue weighted by atomic mass is 19.1. The topological polar surface area (TPSA) is 83.4 Å². The predicted octanol–water partition coefficient (Wildman–Crippen LogP) is 2.78. The van der Waals surface area contributed by atoms with Gasteiger partial charge in [0.1, 0.15) is 11.9 Å². The van der Waals surface area contributed by atoms with Crippen LogP contribution in [0.2, 0.25) is 0 Å². The second-order valence-electron chi connectivity index (χ2n) is 8.74. The molecule has 2 aliphatic heterocycles. The Balaban J connectivity index is 1.46. The molecule has 2 aromatic rings. The van der Waals surface area contributed by atoms with Crippen LogP contribution in [-0.4, -0.2) is 40.5 Å². The molecule has 31 heavy (non-hydrogen) atoms. The number of aromatic nitrogens is 1. The van der Waals surface area contributed by atoms with Gasteiger partial charge in [0.2, 0.25) is 5.91 Å². The summed E-state index contributed by atoms with van der Waals surface area (Å²) >= 11 is 0. The average Bonchev–Trinajstić information content (AvgIpc) is 2.74. The van der Waals surface area contributed by atoms with Crippen LogP contribution in [0.25, 0.3) is 0 Å². The van der Waals surface area contributed by atoms with Gasteiger partial charge in [0, 0.05) is 37.3 Å². The van der Waals surface area contributed by atoms with E-state index in [4.69, 9.17) is 0 Å². The highest BCUT2D eigenvalue weighted by molar-refractivity contribution is 5.97. The number of nitrogens with one attached hydrogen (secondary N) is 2. The Morgan fingerprint density at radius 3 is 2.58 bits per heavy atom. The molecule has 2 aliphatic rings. The lowest BCUT2D eigenvalue weighted by Gasteiger charge is -2.43. The molecule has 1 aromatic carbocycles. The van der Waals surface area contributed by atoms with Crippen LogP contribution in [0.15, 0.2) is 47.3 Å². The second-order valence-corrected chi connectivity index (χ2v) is 8.74. The van der Waals surface area contributed by atoms with Crippen LogP contribution in [0.1, 0.15) is 31.9 Å². The van der Waals surface area contributed by atoms with E-state index in [1.165, 1.54) is 12.1 Å². The zero-order chi connectivity index (χ0) is 22.1. The lowest BCUT2D eigenvalue weighted by Crippen LogP contribution is -2.56. The number of para-hydroxylation sites is 1. The number of halogens is 1. The van der Waals surface area contributed by atoms with Crippen molar-refractivity contribution in [3.05, 3.63) is 64.3 Å². The van der Waals surface area contributed by atoms with Crippen LogP contribution in [0.3, 0.4) is 0 Å². The third-order valence-corrected chi connectivity index (χ3v) is 6.13. The van der Waals surface area contributed by atoms with Gasteiger partial charge in [-0.2, -0.15) is 0 Å². The van der Waals surface area contributed by atoms with Gasteiger partial charge < -0.3 is 20.1 Å². The number of amides is 3. The van der Waals surface area contributed by atoms with Crippen molar-refractivity contribution in [2.45, 2.75) is 38.8 Å². The summed E-state index contributed by atoms with van der Waals surface area (Å²) in [7, 11) is 0. The van der Waals surface area contributed by atoms with Gasteiger partial charge in [-0.05, 0) is 36.5 Å². The first-order valence-corrected chi connectivity index (χ1v) is 10.6. The molecule has 1 aromatic heterocycles. The van der Waals surface area contributed by atoms with E-state index in [2.05, 4.69) is 10.6 Å². The molecule has 2 N–H and O–H groups in total. The maximum atomic E-state index is 13.9. The molecule has 7 nitrogen and oxygen atoms in total. The van der Waals surface area contributed by atoms with Crippen LogP contribution in [0, 0.1) is 17.7 Å². The van der Waals surface area contributed by atoms with Gasteiger partial charge in [-0.3, -0.25) is 9.59 Å². The lowest BCUT2D eigenvalue weighted by molar-refractivity contribution is -0.118. The van der Waals surface area contributed by atoms with Crippen molar-refractivity contribution in [3.8, 4) is 0 Å². The summed E-state index contributed by atoms with van der Waals surface area (Å²) in [4.78, 5) is 39.7. The normalized spacial score (nSPS) is 20.7. The van der Waals surface area contributed by atoms with E-state index in [9.17, 15) is 18.8 Å². The molecule has 3 atom stereocenters. The minimum atomic E-state index is -0.802. The number of hydrogen-bond acceptors (Lipinski definition) is 3. The van der Waals surface area contributed by atoms with Crippen LogP contribution in [0.5, 0.6) is 0 Å². The van der Waals surface area contributed by atoms with Gasteiger partial charge in [-0.15, -0.1) is 0 Å². The zero-order valence-electron chi connectivity index (χ0n) is 17.7. The monoisotopic (exact) mass is 426 g/mol. The molecular formula is C23H27FN4O3. The molecule has 0 spiro atoms. The third kappa shape index (κ3) is 4.33. The van der Waals surface area contributed by atoms with E-state index in [1.54, 1.807) is 29.2 Å². The number of likely N-dealkylation sites (tertiary alicyclic amines) is 1. The fourth-order valence-electron chi connectivity index (χ4n) is 4.59. The van der Waals surface area contributed by atoms with Crippen LogP contribution < -0.4 is 16.2 Å². The van der Waals surface area contributed by atoms with Crippen molar-refractivity contribution in [1.29, 1.82) is 0 Å². The molecule has 164 valence electrons. The summed E-state index contributed by atoms with van der Waals surface area (Å²) in [6.45, 7) is 5.28. The highest BCUT2D eigenvalue weighted by Gasteiger charge is 2.37. The lowest BCUT2D eigenvalue weighted by atomic mass is 9.83. The van der Waals surface area contributed by atoms with Gasteiger partial charge in [-0.25, -0.2) is 9.18 Å². The zero-order valence-corrected chi connectivity index (χ0v) is 17.7. The van der Waals surface area contributed by atoms with Crippen molar-refractivity contribution in [1.82, 2.24) is 14.8 Å². The summed E-state index contributed by atoms with van der Waals surface area (Å²) in [5.41, 5.74) is 1.04. The van der Waals surface area contributed by atoms with E-state index < -0.39 is 17.8 Å². The van der Waals surface area contributed by atoms with Gasteiger partial charge >= 0.3 is 6.03 Å². The Kier molecular flexibility index (Phi) is 5.80. The first-order chi connectivity index (χ1) is 14.8. The van der Waals surface area contributed by atoms with E-state index >= 15 is 0 Å². The molecule has 4 rings (SSSR count). The van der Waals surface area contributed by atoms with E-state index in [1.807, 2.05) is 24.5 Å².